The van der Waals surface area contributed by atoms with Gasteiger partial charge in [0.15, 0.2) is 10.9 Å². The predicted octanol–water partition coefficient (Wildman–Crippen LogP) is 1.19. The second-order valence-corrected chi connectivity index (χ2v) is 5.91. The summed E-state index contributed by atoms with van der Waals surface area (Å²) in [6.07, 6.45) is 6.13. The Labute approximate surface area is 110 Å². The van der Waals surface area contributed by atoms with Crippen LogP contribution in [0.5, 0.6) is 0 Å². The Morgan fingerprint density at radius 1 is 1.28 bits per heavy atom. The molecule has 5 nitrogen and oxygen atoms in total. The largest absolute Gasteiger partial charge is 0.347 e. The Balaban J connectivity index is 1.70. The van der Waals surface area contributed by atoms with Crippen LogP contribution in [0.4, 0.5) is 0 Å². The fraction of sp³-hybridized carbons (Fsp3) is 0.667. The van der Waals surface area contributed by atoms with E-state index in [1.165, 1.54) is 0 Å². The van der Waals surface area contributed by atoms with Crippen molar-refractivity contribution in [3.05, 3.63) is 18.5 Å². The molecule has 0 amide bonds. The lowest BCUT2D eigenvalue weighted by Crippen LogP contribution is -2.47. The minimum Gasteiger partial charge on any atom is -0.347 e. The molecule has 0 aromatic carbocycles. The lowest BCUT2D eigenvalue weighted by Gasteiger charge is -2.38. The van der Waals surface area contributed by atoms with Crippen LogP contribution in [0.3, 0.4) is 0 Å². The number of nitrogens with two attached hydrogens (primary N) is 1. The maximum atomic E-state index is 6.19. The van der Waals surface area contributed by atoms with Crippen molar-refractivity contribution in [3.63, 3.8) is 0 Å². The van der Waals surface area contributed by atoms with E-state index in [2.05, 4.69) is 9.97 Å². The normalized spacial score (nSPS) is 30.7. The van der Waals surface area contributed by atoms with Gasteiger partial charge in [0.05, 0.1) is 13.2 Å². The molecule has 1 aliphatic heterocycles. The van der Waals surface area contributed by atoms with Crippen molar-refractivity contribution in [1.82, 2.24) is 9.97 Å². The van der Waals surface area contributed by atoms with Gasteiger partial charge in [0, 0.05) is 36.5 Å². The van der Waals surface area contributed by atoms with E-state index in [1.54, 1.807) is 24.2 Å². The molecule has 1 aliphatic carbocycles. The lowest BCUT2D eigenvalue weighted by atomic mass is 9.90. The highest BCUT2D eigenvalue weighted by atomic mass is 32.2. The molecule has 1 aromatic rings. The van der Waals surface area contributed by atoms with E-state index in [9.17, 15) is 0 Å². The average molecular weight is 267 g/mol. The first-order valence-corrected chi connectivity index (χ1v) is 7.13. The Morgan fingerprint density at radius 2 is 2.00 bits per heavy atom. The molecule has 2 unspecified atom stereocenters. The zero-order valence-electron chi connectivity index (χ0n) is 10.1. The molecule has 1 spiro atoms. The number of ether oxygens (including phenoxy) is 2. The van der Waals surface area contributed by atoms with E-state index in [0.717, 1.165) is 24.4 Å². The molecule has 2 heterocycles. The van der Waals surface area contributed by atoms with Crippen LogP contribution < -0.4 is 5.73 Å². The number of thioether (sulfide) groups is 1. The SMILES string of the molecule is NC1CCC2(CC1Sc1ncccn1)OCCO2. The van der Waals surface area contributed by atoms with E-state index >= 15 is 0 Å². The first-order valence-electron chi connectivity index (χ1n) is 6.25. The van der Waals surface area contributed by atoms with Gasteiger partial charge >= 0.3 is 0 Å². The van der Waals surface area contributed by atoms with Crippen LogP contribution in [0.15, 0.2) is 23.6 Å². The van der Waals surface area contributed by atoms with E-state index < -0.39 is 5.79 Å². The molecule has 1 saturated heterocycles. The first-order chi connectivity index (χ1) is 8.77. The summed E-state index contributed by atoms with van der Waals surface area (Å²) in [5, 5.41) is 1.02. The summed E-state index contributed by atoms with van der Waals surface area (Å²) in [6.45, 7) is 1.38. The summed E-state index contributed by atoms with van der Waals surface area (Å²) in [6, 6.07) is 1.97. The van der Waals surface area contributed by atoms with Crippen molar-refractivity contribution in [1.29, 1.82) is 0 Å². The smallest absolute Gasteiger partial charge is 0.187 e. The standard InChI is InChI=1S/C12H17N3O2S/c13-9-2-3-12(16-6-7-17-12)8-10(9)18-11-14-4-1-5-15-11/h1,4-5,9-10H,2-3,6-8,13H2. The summed E-state index contributed by atoms with van der Waals surface area (Å²) in [5.41, 5.74) is 6.19. The van der Waals surface area contributed by atoms with Gasteiger partial charge in [0.1, 0.15) is 0 Å². The predicted molar refractivity (Wildman–Crippen MR) is 68.1 cm³/mol. The molecule has 2 aliphatic rings. The van der Waals surface area contributed by atoms with Crippen LogP contribution in [-0.2, 0) is 9.47 Å². The molecular formula is C12H17N3O2S. The summed E-state index contributed by atoms with van der Waals surface area (Å²) < 4.78 is 11.5. The zero-order chi connectivity index (χ0) is 12.4. The molecule has 18 heavy (non-hydrogen) atoms. The van der Waals surface area contributed by atoms with E-state index in [-0.39, 0.29) is 11.3 Å². The zero-order valence-corrected chi connectivity index (χ0v) is 10.9. The highest BCUT2D eigenvalue weighted by Gasteiger charge is 2.44. The van der Waals surface area contributed by atoms with Crippen LogP contribution >= 0.6 is 11.8 Å². The van der Waals surface area contributed by atoms with Gasteiger partial charge in [-0.2, -0.15) is 0 Å². The van der Waals surface area contributed by atoms with Gasteiger partial charge in [-0.05, 0) is 12.5 Å². The van der Waals surface area contributed by atoms with Crippen molar-refractivity contribution in [2.45, 2.75) is 41.5 Å². The quantitative estimate of drug-likeness (QED) is 0.812. The summed E-state index contributed by atoms with van der Waals surface area (Å²) in [4.78, 5) is 8.47. The number of hydrogen-bond acceptors (Lipinski definition) is 6. The molecular weight excluding hydrogens is 250 g/mol. The number of hydrogen-bond donors (Lipinski definition) is 1. The van der Waals surface area contributed by atoms with Crippen LogP contribution in [0.25, 0.3) is 0 Å². The van der Waals surface area contributed by atoms with E-state index in [4.69, 9.17) is 15.2 Å². The Bertz CT molecular complexity index is 398. The Morgan fingerprint density at radius 3 is 2.72 bits per heavy atom. The first kappa shape index (κ1) is 12.3. The van der Waals surface area contributed by atoms with Gasteiger partial charge < -0.3 is 15.2 Å². The number of nitrogens with zero attached hydrogens (tertiary/aromatic N) is 2. The third-order valence-electron chi connectivity index (χ3n) is 3.46. The van der Waals surface area contributed by atoms with E-state index in [0.29, 0.717) is 13.2 Å². The molecule has 6 heteroatoms. The maximum absolute atomic E-state index is 6.19. The summed E-state index contributed by atoms with van der Waals surface area (Å²) in [7, 11) is 0. The second kappa shape index (κ2) is 5.13. The molecule has 0 radical (unpaired) electrons. The molecule has 98 valence electrons. The van der Waals surface area contributed by atoms with Crippen molar-refractivity contribution in [3.8, 4) is 0 Å². The minimum absolute atomic E-state index is 0.150. The van der Waals surface area contributed by atoms with Crippen molar-refractivity contribution in [2.75, 3.05) is 13.2 Å². The number of rotatable bonds is 2. The summed E-state index contributed by atoms with van der Waals surface area (Å²) in [5.74, 6) is -0.400. The van der Waals surface area contributed by atoms with Crippen molar-refractivity contribution >= 4 is 11.8 Å². The molecule has 2 fully saturated rings. The molecule has 3 rings (SSSR count). The van der Waals surface area contributed by atoms with Crippen LogP contribution in [0.1, 0.15) is 19.3 Å². The monoisotopic (exact) mass is 267 g/mol. The van der Waals surface area contributed by atoms with Crippen molar-refractivity contribution < 1.29 is 9.47 Å². The van der Waals surface area contributed by atoms with Gasteiger partial charge in [-0.1, -0.05) is 11.8 Å². The van der Waals surface area contributed by atoms with Gasteiger partial charge in [-0.25, -0.2) is 9.97 Å². The maximum Gasteiger partial charge on any atom is 0.187 e. The van der Waals surface area contributed by atoms with Crippen molar-refractivity contribution in [2.24, 2.45) is 5.73 Å². The molecule has 0 bridgehead atoms. The second-order valence-electron chi connectivity index (χ2n) is 4.70. The Hall–Kier alpha value is -0.690. The highest BCUT2D eigenvalue weighted by molar-refractivity contribution is 7.99. The minimum atomic E-state index is -0.400. The van der Waals surface area contributed by atoms with Crippen LogP contribution in [0, 0.1) is 0 Å². The molecule has 1 aromatic heterocycles. The van der Waals surface area contributed by atoms with Gasteiger partial charge in [-0.15, -0.1) is 0 Å². The van der Waals surface area contributed by atoms with Gasteiger partial charge in [0.25, 0.3) is 0 Å². The fourth-order valence-electron chi connectivity index (χ4n) is 2.50. The van der Waals surface area contributed by atoms with Gasteiger partial charge in [-0.3, -0.25) is 0 Å². The molecule has 2 atom stereocenters. The van der Waals surface area contributed by atoms with Crippen LogP contribution in [0.2, 0.25) is 0 Å². The molecule has 1 saturated carbocycles. The van der Waals surface area contributed by atoms with Crippen LogP contribution in [-0.4, -0.2) is 40.3 Å². The molecule has 2 N–H and O–H groups in total. The Kier molecular flexibility index (Phi) is 3.52. The number of aromatic nitrogens is 2. The third kappa shape index (κ3) is 2.51. The highest BCUT2D eigenvalue weighted by Crippen LogP contribution is 2.41. The average Bonchev–Trinajstić information content (AvgIpc) is 2.84. The topological polar surface area (TPSA) is 70.3 Å². The van der Waals surface area contributed by atoms with Gasteiger partial charge in [0.2, 0.25) is 0 Å². The van der Waals surface area contributed by atoms with E-state index in [1.807, 2.05) is 6.07 Å². The summed E-state index contributed by atoms with van der Waals surface area (Å²) >= 11 is 1.63. The third-order valence-corrected chi connectivity index (χ3v) is 4.70. The lowest BCUT2D eigenvalue weighted by molar-refractivity contribution is -0.176. The fourth-order valence-corrected chi connectivity index (χ4v) is 3.66.